The summed E-state index contributed by atoms with van der Waals surface area (Å²) in [6.45, 7) is 4.69. The lowest BCUT2D eigenvalue weighted by Gasteiger charge is -2.34. The van der Waals surface area contributed by atoms with E-state index in [0.717, 1.165) is 39.2 Å². The molecule has 124 valence electrons. The van der Waals surface area contributed by atoms with Crippen LogP contribution >= 0.6 is 22.9 Å². The zero-order valence-electron chi connectivity index (χ0n) is 13.2. The molecular weight excluding hydrogens is 346 g/mol. The second kappa shape index (κ2) is 6.11. The number of hydrogen-bond donors (Lipinski definition) is 0. The zero-order valence-corrected chi connectivity index (χ0v) is 14.7. The van der Waals surface area contributed by atoms with Crippen LogP contribution in [-0.2, 0) is 0 Å². The van der Waals surface area contributed by atoms with Gasteiger partial charge in [0.05, 0.1) is 10.2 Å². The van der Waals surface area contributed by atoms with Crippen LogP contribution in [0, 0.1) is 6.92 Å². The summed E-state index contributed by atoms with van der Waals surface area (Å²) in [5.41, 5.74) is 0.962. The molecule has 2 aromatic heterocycles. The number of piperazine rings is 1. The molecule has 1 aliphatic rings. The van der Waals surface area contributed by atoms with E-state index in [0.29, 0.717) is 18.8 Å². The third kappa shape index (κ3) is 2.87. The highest BCUT2D eigenvalue weighted by atomic mass is 35.5. The summed E-state index contributed by atoms with van der Waals surface area (Å²) in [5, 5.41) is 1.70. The number of nitrogens with zero attached hydrogens (tertiary/aromatic N) is 3. The third-order valence-electron chi connectivity index (χ3n) is 4.13. The van der Waals surface area contributed by atoms with E-state index in [1.54, 1.807) is 17.4 Å². The van der Waals surface area contributed by atoms with E-state index >= 15 is 0 Å². The van der Waals surface area contributed by atoms with Crippen molar-refractivity contribution in [3.8, 4) is 0 Å². The highest BCUT2D eigenvalue weighted by Crippen LogP contribution is 2.31. The first-order valence-corrected chi connectivity index (χ1v) is 8.96. The van der Waals surface area contributed by atoms with Crippen molar-refractivity contribution in [2.24, 2.45) is 0 Å². The molecule has 3 aromatic rings. The lowest BCUT2D eigenvalue weighted by atomic mass is 10.3. The summed E-state index contributed by atoms with van der Waals surface area (Å²) in [6, 6.07) is 9.29. The third-order valence-corrected chi connectivity index (χ3v) is 5.44. The van der Waals surface area contributed by atoms with Gasteiger partial charge in [0.1, 0.15) is 5.76 Å². The largest absolute Gasteiger partial charge is 0.456 e. The minimum absolute atomic E-state index is 0.0427. The molecule has 7 heteroatoms. The van der Waals surface area contributed by atoms with Gasteiger partial charge in [-0.3, -0.25) is 4.79 Å². The Morgan fingerprint density at radius 1 is 1.21 bits per heavy atom. The van der Waals surface area contributed by atoms with E-state index in [4.69, 9.17) is 16.0 Å². The molecule has 1 aromatic carbocycles. The van der Waals surface area contributed by atoms with Crippen LogP contribution in [0.15, 0.2) is 34.7 Å². The van der Waals surface area contributed by atoms with Gasteiger partial charge in [0.15, 0.2) is 10.9 Å². The molecule has 0 saturated carbocycles. The first kappa shape index (κ1) is 15.5. The maximum Gasteiger partial charge on any atom is 0.289 e. The molecule has 0 atom stereocenters. The van der Waals surface area contributed by atoms with Crippen LogP contribution in [-0.4, -0.2) is 42.0 Å². The van der Waals surface area contributed by atoms with E-state index in [2.05, 4.69) is 9.88 Å². The van der Waals surface area contributed by atoms with Gasteiger partial charge in [0, 0.05) is 31.2 Å². The number of furan rings is 1. The van der Waals surface area contributed by atoms with Crippen molar-refractivity contribution in [1.29, 1.82) is 0 Å². The zero-order chi connectivity index (χ0) is 16.7. The smallest absolute Gasteiger partial charge is 0.289 e. The Bertz CT molecular complexity index is 896. The number of thiazole rings is 1. The van der Waals surface area contributed by atoms with Crippen LogP contribution < -0.4 is 4.90 Å². The minimum Gasteiger partial charge on any atom is -0.456 e. The highest BCUT2D eigenvalue weighted by molar-refractivity contribution is 7.22. The monoisotopic (exact) mass is 361 g/mol. The first-order valence-electron chi connectivity index (χ1n) is 7.77. The summed E-state index contributed by atoms with van der Waals surface area (Å²) >= 11 is 7.68. The van der Waals surface area contributed by atoms with E-state index in [9.17, 15) is 4.79 Å². The second-order valence-corrected chi connectivity index (χ2v) is 7.24. The van der Waals surface area contributed by atoms with Crippen molar-refractivity contribution in [3.05, 3.63) is 46.9 Å². The molecule has 0 aliphatic carbocycles. The number of aromatic nitrogens is 1. The number of rotatable bonds is 2. The first-order chi connectivity index (χ1) is 11.6. The van der Waals surface area contributed by atoms with Crippen molar-refractivity contribution in [2.45, 2.75) is 6.92 Å². The topological polar surface area (TPSA) is 49.6 Å². The van der Waals surface area contributed by atoms with Gasteiger partial charge in [-0.25, -0.2) is 4.98 Å². The van der Waals surface area contributed by atoms with Crippen LogP contribution in [0.25, 0.3) is 10.2 Å². The van der Waals surface area contributed by atoms with Crippen molar-refractivity contribution in [3.63, 3.8) is 0 Å². The lowest BCUT2D eigenvalue weighted by molar-refractivity contribution is 0.0713. The number of benzene rings is 1. The summed E-state index contributed by atoms with van der Waals surface area (Å²) in [4.78, 5) is 21.1. The molecule has 1 saturated heterocycles. The van der Waals surface area contributed by atoms with E-state index < -0.39 is 0 Å². The second-order valence-electron chi connectivity index (χ2n) is 5.80. The number of aryl methyl sites for hydroxylation is 1. The van der Waals surface area contributed by atoms with Crippen LogP contribution in [0.3, 0.4) is 0 Å². The van der Waals surface area contributed by atoms with Gasteiger partial charge in [-0.2, -0.15) is 0 Å². The van der Waals surface area contributed by atoms with Gasteiger partial charge >= 0.3 is 0 Å². The molecule has 0 unspecified atom stereocenters. The Balaban J connectivity index is 1.46. The Labute approximate surface area is 148 Å². The molecule has 1 aliphatic heterocycles. The van der Waals surface area contributed by atoms with Crippen molar-refractivity contribution < 1.29 is 9.21 Å². The molecule has 4 rings (SSSR count). The lowest BCUT2D eigenvalue weighted by Crippen LogP contribution is -2.48. The molecule has 0 spiro atoms. The Morgan fingerprint density at radius 2 is 2.00 bits per heavy atom. The normalized spacial score (nSPS) is 15.2. The molecule has 3 heterocycles. The summed E-state index contributed by atoms with van der Waals surface area (Å²) in [5.74, 6) is 1.12. The Kier molecular flexibility index (Phi) is 3.94. The van der Waals surface area contributed by atoms with Crippen LogP contribution in [0.4, 0.5) is 5.13 Å². The molecule has 0 N–H and O–H groups in total. The average Bonchev–Trinajstić information content (AvgIpc) is 3.20. The fourth-order valence-corrected chi connectivity index (χ4v) is 4.12. The van der Waals surface area contributed by atoms with Gasteiger partial charge in [-0.1, -0.05) is 22.9 Å². The van der Waals surface area contributed by atoms with Gasteiger partial charge < -0.3 is 14.2 Å². The fraction of sp³-hybridized carbons (Fsp3) is 0.294. The van der Waals surface area contributed by atoms with E-state index in [1.165, 1.54) is 0 Å². The Morgan fingerprint density at radius 3 is 2.71 bits per heavy atom. The molecule has 0 radical (unpaired) electrons. The Hall–Kier alpha value is -2.05. The van der Waals surface area contributed by atoms with Crippen LogP contribution in [0.2, 0.25) is 5.02 Å². The van der Waals surface area contributed by atoms with Crippen molar-refractivity contribution >= 4 is 44.2 Å². The number of carbonyl (C=O) groups excluding carboxylic acids is 1. The standard InChI is InChI=1S/C17H16ClN3O2S/c1-11-2-5-14(23-11)16(22)20-6-8-21(9-7-20)17-19-13-4-3-12(18)10-15(13)24-17/h2-5,10H,6-9H2,1H3. The molecule has 0 bridgehead atoms. The van der Waals surface area contributed by atoms with Gasteiger partial charge in [0.2, 0.25) is 0 Å². The number of carbonyl (C=O) groups is 1. The van der Waals surface area contributed by atoms with Gasteiger partial charge in [-0.05, 0) is 37.3 Å². The van der Waals surface area contributed by atoms with E-state index in [1.807, 2.05) is 36.1 Å². The van der Waals surface area contributed by atoms with Gasteiger partial charge in [-0.15, -0.1) is 0 Å². The van der Waals surface area contributed by atoms with E-state index in [-0.39, 0.29) is 5.91 Å². The predicted molar refractivity (Wildman–Crippen MR) is 96.2 cm³/mol. The molecule has 1 amide bonds. The quantitative estimate of drug-likeness (QED) is 0.696. The molecule has 1 fully saturated rings. The number of anilines is 1. The summed E-state index contributed by atoms with van der Waals surface area (Å²) < 4.78 is 6.52. The van der Waals surface area contributed by atoms with Crippen LogP contribution in [0.5, 0.6) is 0 Å². The predicted octanol–water partition coefficient (Wildman–Crippen LogP) is 3.81. The summed E-state index contributed by atoms with van der Waals surface area (Å²) in [6.07, 6.45) is 0. The number of amides is 1. The van der Waals surface area contributed by atoms with Crippen molar-refractivity contribution in [2.75, 3.05) is 31.1 Å². The minimum atomic E-state index is -0.0427. The number of fused-ring (bicyclic) bond motifs is 1. The van der Waals surface area contributed by atoms with Crippen LogP contribution in [0.1, 0.15) is 16.3 Å². The SMILES string of the molecule is Cc1ccc(C(=O)N2CCN(c3nc4ccc(Cl)cc4s3)CC2)o1. The van der Waals surface area contributed by atoms with Crippen molar-refractivity contribution in [1.82, 2.24) is 9.88 Å². The van der Waals surface area contributed by atoms with Gasteiger partial charge in [0.25, 0.3) is 5.91 Å². The summed E-state index contributed by atoms with van der Waals surface area (Å²) in [7, 11) is 0. The molecule has 24 heavy (non-hydrogen) atoms. The number of hydrogen-bond acceptors (Lipinski definition) is 5. The molecular formula is C17H16ClN3O2S. The maximum absolute atomic E-state index is 12.4. The number of halogens is 1. The fourth-order valence-electron chi connectivity index (χ4n) is 2.83. The average molecular weight is 362 g/mol. The highest BCUT2D eigenvalue weighted by Gasteiger charge is 2.25. The molecule has 5 nitrogen and oxygen atoms in total. The maximum atomic E-state index is 12.4.